The normalized spacial score (nSPS) is 13.9. The average Bonchev–Trinajstić information content (AvgIpc) is 4.01. The zero-order chi connectivity index (χ0) is 36.5. The van der Waals surface area contributed by atoms with E-state index in [0.29, 0.717) is 11.3 Å². The first-order valence-corrected chi connectivity index (χ1v) is 18.4. The first kappa shape index (κ1) is 33.3. The SMILES string of the molecule is O=C(NC1(c2ccccc2)CCCC1)c1ccc(-c2cnc3ccc(-c4cnn(C(c5ccccc5)(c5ccccc5)c5ccccc5)c4)cn23)cc1F. The van der Waals surface area contributed by atoms with Crippen LogP contribution in [0.3, 0.4) is 0 Å². The number of halogens is 1. The van der Waals surface area contributed by atoms with Crippen LogP contribution in [0.25, 0.3) is 28.0 Å². The van der Waals surface area contributed by atoms with Gasteiger partial charge in [0.1, 0.15) is 17.0 Å². The molecule has 0 atom stereocenters. The van der Waals surface area contributed by atoms with Crippen LogP contribution in [0.4, 0.5) is 4.39 Å². The monoisotopic (exact) mass is 707 g/mol. The number of nitrogens with one attached hydrogen (secondary N) is 1. The van der Waals surface area contributed by atoms with Gasteiger partial charge in [0.2, 0.25) is 0 Å². The second kappa shape index (κ2) is 13.7. The molecule has 1 fully saturated rings. The summed E-state index contributed by atoms with van der Waals surface area (Å²) >= 11 is 0. The topological polar surface area (TPSA) is 64.2 Å². The molecule has 1 N–H and O–H groups in total. The van der Waals surface area contributed by atoms with Crippen LogP contribution in [0.15, 0.2) is 176 Å². The van der Waals surface area contributed by atoms with Gasteiger partial charge in [-0.05, 0) is 59.4 Å². The van der Waals surface area contributed by atoms with E-state index in [0.717, 1.165) is 64.7 Å². The number of fused-ring (bicyclic) bond motifs is 1. The molecule has 5 aromatic carbocycles. The third kappa shape index (κ3) is 5.69. The minimum Gasteiger partial charge on any atom is -0.342 e. The number of carbonyl (C=O) groups is 1. The van der Waals surface area contributed by atoms with Crippen LogP contribution in [-0.4, -0.2) is 25.1 Å². The van der Waals surface area contributed by atoms with Crippen molar-refractivity contribution in [1.82, 2.24) is 24.5 Å². The average molecular weight is 708 g/mol. The molecule has 0 saturated heterocycles. The first-order valence-electron chi connectivity index (χ1n) is 18.4. The Bertz CT molecular complexity index is 2460. The molecule has 9 rings (SSSR count). The molecule has 54 heavy (non-hydrogen) atoms. The number of aromatic nitrogens is 4. The third-order valence-electron chi connectivity index (χ3n) is 11.0. The summed E-state index contributed by atoms with van der Waals surface area (Å²) in [6.07, 6.45) is 11.4. The molecule has 3 aromatic heterocycles. The Kier molecular flexibility index (Phi) is 8.47. The Morgan fingerprint density at radius 3 is 1.81 bits per heavy atom. The lowest BCUT2D eigenvalue weighted by atomic mass is 9.77. The van der Waals surface area contributed by atoms with Gasteiger partial charge in [-0.2, -0.15) is 5.10 Å². The molecule has 0 aliphatic heterocycles. The van der Waals surface area contributed by atoms with Crippen LogP contribution in [0.5, 0.6) is 0 Å². The number of imidazole rings is 1. The molecule has 7 heteroatoms. The van der Waals surface area contributed by atoms with Gasteiger partial charge in [0, 0.05) is 29.1 Å². The van der Waals surface area contributed by atoms with E-state index in [4.69, 9.17) is 5.10 Å². The number of carbonyl (C=O) groups excluding carboxylic acids is 1. The summed E-state index contributed by atoms with van der Waals surface area (Å²) in [6.45, 7) is 0. The molecule has 0 unspecified atom stereocenters. The lowest BCUT2D eigenvalue weighted by Gasteiger charge is -2.36. The standard InChI is InChI=1S/C47H38FN5O/c48-42-29-34(23-25-41(42)45(54)51-46(27-13-14-28-46)37-15-5-1-6-16-37)43-31-49-44-26-24-35(32-52(43)44)36-30-50-53(33-36)47(38-17-7-2-8-18-38,39-19-9-3-10-20-39)40-21-11-4-12-22-40/h1-12,15-26,29-33H,13-14,27-28H2,(H,51,54). The van der Waals surface area contributed by atoms with E-state index in [9.17, 15) is 4.79 Å². The Morgan fingerprint density at radius 1 is 0.648 bits per heavy atom. The van der Waals surface area contributed by atoms with Gasteiger partial charge in [0.25, 0.3) is 5.91 Å². The van der Waals surface area contributed by atoms with E-state index in [1.165, 1.54) is 6.07 Å². The van der Waals surface area contributed by atoms with Crippen LogP contribution >= 0.6 is 0 Å². The Labute approximate surface area is 313 Å². The molecule has 0 radical (unpaired) electrons. The summed E-state index contributed by atoms with van der Waals surface area (Å²) in [7, 11) is 0. The van der Waals surface area contributed by atoms with Crippen molar-refractivity contribution >= 4 is 11.6 Å². The smallest absolute Gasteiger partial charge is 0.254 e. The van der Waals surface area contributed by atoms with Gasteiger partial charge >= 0.3 is 0 Å². The minimum absolute atomic E-state index is 0.0293. The van der Waals surface area contributed by atoms with Crippen LogP contribution < -0.4 is 5.32 Å². The summed E-state index contributed by atoms with van der Waals surface area (Å²) in [5, 5.41) is 8.26. The van der Waals surface area contributed by atoms with Gasteiger partial charge in [-0.25, -0.2) is 9.37 Å². The van der Waals surface area contributed by atoms with Gasteiger partial charge in [-0.15, -0.1) is 0 Å². The fourth-order valence-electron chi connectivity index (χ4n) is 8.32. The van der Waals surface area contributed by atoms with E-state index in [1.807, 2.05) is 82.1 Å². The second-order valence-corrected chi connectivity index (χ2v) is 14.1. The van der Waals surface area contributed by atoms with Gasteiger partial charge in [0.05, 0.1) is 29.2 Å². The third-order valence-corrected chi connectivity index (χ3v) is 11.0. The number of benzene rings is 5. The first-order chi connectivity index (χ1) is 26.5. The van der Waals surface area contributed by atoms with Crippen molar-refractivity contribution in [3.8, 4) is 22.4 Å². The second-order valence-electron chi connectivity index (χ2n) is 14.1. The van der Waals surface area contributed by atoms with E-state index < -0.39 is 22.8 Å². The highest BCUT2D eigenvalue weighted by atomic mass is 19.1. The predicted octanol–water partition coefficient (Wildman–Crippen LogP) is 10.0. The van der Waals surface area contributed by atoms with Crippen LogP contribution in [-0.2, 0) is 11.1 Å². The van der Waals surface area contributed by atoms with Crippen molar-refractivity contribution in [2.24, 2.45) is 0 Å². The molecule has 0 spiro atoms. The molecule has 264 valence electrons. The van der Waals surface area contributed by atoms with Crippen molar-refractivity contribution in [1.29, 1.82) is 0 Å². The molecule has 1 saturated carbocycles. The van der Waals surface area contributed by atoms with Gasteiger partial charge in [0.15, 0.2) is 0 Å². The van der Waals surface area contributed by atoms with Crippen molar-refractivity contribution in [2.75, 3.05) is 0 Å². The lowest BCUT2D eigenvalue weighted by molar-refractivity contribution is 0.0894. The predicted molar refractivity (Wildman–Crippen MR) is 210 cm³/mol. The van der Waals surface area contributed by atoms with Gasteiger partial charge < -0.3 is 5.32 Å². The molecular weight excluding hydrogens is 670 g/mol. The quantitative estimate of drug-likeness (QED) is 0.152. The fourth-order valence-corrected chi connectivity index (χ4v) is 8.32. The molecule has 8 aromatic rings. The number of hydrogen-bond acceptors (Lipinski definition) is 3. The van der Waals surface area contributed by atoms with E-state index >= 15 is 4.39 Å². The highest BCUT2D eigenvalue weighted by Gasteiger charge is 2.40. The van der Waals surface area contributed by atoms with Crippen molar-refractivity contribution in [2.45, 2.75) is 36.8 Å². The fraction of sp³-hybridized carbons (Fsp3) is 0.128. The number of amides is 1. The molecule has 1 aliphatic rings. The highest BCUT2D eigenvalue weighted by molar-refractivity contribution is 5.95. The zero-order valence-electron chi connectivity index (χ0n) is 29.6. The van der Waals surface area contributed by atoms with Crippen LogP contribution in [0.1, 0.15) is 58.3 Å². The summed E-state index contributed by atoms with van der Waals surface area (Å²) in [5.74, 6) is -0.975. The Morgan fingerprint density at radius 2 is 1.22 bits per heavy atom. The van der Waals surface area contributed by atoms with Crippen molar-refractivity contribution in [3.63, 3.8) is 0 Å². The number of hydrogen-bond donors (Lipinski definition) is 1. The highest BCUT2D eigenvalue weighted by Crippen LogP contribution is 2.42. The van der Waals surface area contributed by atoms with Gasteiger partial charge in [-0.1, -0.05) is 140 Å². The molecule has 1 aliphatic carbocycles. The number of pyridine rings is 1. The van der Waals surface area contributed by atoms with Crippen molar-refractivity contribution < 1.29 is 9.18 Å². The number of rotatable bonds is 9. The summed E-state index contributed by atoms with van der Waals surface area (Å²) in [4.78, 5) is 18.2. The van der Waals surface area contributed by atoms with E-state index in [2.05, 4.69) is 89.3 Å². The molecule has 3 heterocycles. The molecule has 1 amide bonds. The lowest BCUT2D eigenvalue weighted by Crippen LogP contribution is -2.44. The maximum atomic E-state index is 15.9. The van der Waals surface area contributed by atoms with Gasteiger partial charge in [-0.3, -0.25) is 13.9 Å². The summed E-state index contributed by atoms with van der Waals surface area (Å²) < 4.78 is 19.9. The number of nitrogens with zero attached hydrogens (tertiary/aromatic N) is 4. The summed E-state index contributed by atoms with van der Waals surface area (Å²) in [6, 6.07) is 50.2. The molecular formula is C47H38FN5O. The zero-order valence-corrected chi connectivity index (χ0v) is 29.6. The van der Waals surface area contributed by atoms with Crippen molar-refractivity contribution in [3.05, 3.63) is 210 Å². The Hall–Kier alpha value is -6.60. The van der Waals surface area contributed by atoms with E-state index in [-0.39, 0.29) is 5.56 Å². The van der Waals surface area contributed by atoms with Crippen LogP contribution in [0.2, 0.25) is 0 Å². The largest absolute Gasteiger partial charge is 0.342 e. The maximum absolute atomic E-state index is 15.9. The van der Waals surface area contributed by atoms with E-state index in [1.54, 1.807) is 18.3 Å². The summed E-state index contributed by atoms with van der Waals surface area (Å²) in [5.41, 5.74) is 7.03. The minimum atomic E-state index is -0.740. The molecule has 6 nitrogen and oxygen atoms in total. The van der Waals surface area contributed by atoms with Crippen LogP contribution in [0, 0.1) is 5.82 Å². The maximum Gasteiger partial charge on any atom is 0.254 e. The molecule has 0 bridgehead atoms. The Balaban J connectivity index is 1.07.